The standard InChI is InChI=1S/C7H8N2O2/c8-6(10)3-5-1-2-9-7(11)4-5/h1-2,4H,3H2,(H2,8,10)(H,9,11). The van der Waals surface area contributed by atoms with Crippen molar-refractivity contribution in [3.8, 4) is 5.88 Å². The van der Waals surface area contributed by atoms with E-state index >= 15 is 0 Å². The molecule has 1 heterocycles. The molecule has 0 aromatic carbocycles. The highest BCUT2D eigenvalue weighted by Gasteiger charge is 1.98. The molecule has 1 aromatic rings. The number of amides is 1. The molecule has 0 aliphatic carbocycles. The summed E-state index contributed by atoms with van der Waals surface area (Å²) in [6, 6.07) is 3.04. The van der Waals surface area contributed by atoms with Gasteiger partial charge in [-0.25, -0.2) is 4.98 Å². The topological polar surface area (TPSA) is 76.2 Å². The van der Waals surface area contributed by atoms with Crippen molar-refractivity contribution >= 4 is 5.91 Å². The van der Waals surface area contributed by atoms with Gasteiger partial charge >= 0.3 is 0 Å². The third-order valence-corrected chi connectivity index (χ3v) is 1.19. The minimum absolute atomic E-state index is 0.0937. The van der Waals surface area contributed by atoms with Crippen molar-refractivity contribution in [1.29, 1.82) is 0 Å². The molecule has 0 saturated carbocycles. The van der Waals surface area contributed by atoms with E-state index < -0.39 is 5.91 Å². The largest absolute Gasteiger partial charge is 0.493 e. The van der Waals surface area contributed by atoms with E-state index in [-0.39, 0.29) is 12.3 Å². The molecule has 0 unspecified atom stereocenters. The first-order chi connectivity index (χ1) is 5.18. The lowest BCUT2D eigenvalue weighted by molar-refractivity contribution is -0.117. The van der Waals surface area contributed by atoms with E-state index in [0.717, 1.165) is 0 Å². The maximum Gasteiger partial charge on any atom is 0.221 e. The summed E-state index contributed by atoms with van der Waals surface area (Å²) >= 11 is 0. The third kappa shape index (κ3) is 2.25. The van der Waals surface area contributed by atoms with Crippen LogP contribution in [0, 0.1) is 0 Å². The van der Waals surface area contributed by atoms with E-state index in [1.807, 2.05) is 0 Å². The molecule has 58 valence electrons. The van der Waals surface area contributed by atoms with E-state index in [2.05, 4.69) is 4.98 Å². The van der Waals surface area contributed by atoms with E-state index in [0.29, 0.717) is 5.56 Å². The maximum atomic E-state index is 10.4. The maximum absolute atomic E-state index is 10.4. The average Bonchev–Trinajstić information content (AvgIpc) is 1.85. The number of nitrogens with zero attached hydrogens (tertiary/aromatic N) is 1. The van der Waals surface area contributed by atoms with Crippen molar-refractivity contribution in [2.75, 3.05) is 0 Å². The van der Waals surface area contributed by atoms with Gasteiger partial charge in [0.05, 0.1) is 6.42 Å². The van der Waals surface area contributed by atoms with Crippen molar-refractivity contribution < 1.29 is 9.90 Å². The number of carbonyl (C=O) groups excluding carboxylic acids is 1. The van der Waals surface area contributed by atoms with Crippen molar-refractivity contribution in [3.63, 3.8) is 0 Å². The number of primary amides is 1. The number of rotatable bonds is 2. The van der Waals surface area contributed by atoms with Crippen LogP contribution in [0.15, 0.2) is 18.3 Å². The first-order valence-electron chi connectivity index (χ1n) is 3.10. The zero-order valence-electron chi connectivity index (χ0n) is 5.82. The molecule has 4 nitrogen and oxygen atoms in total. The Morgan fingerprint density at radius 2 is 2.45 bits per heavy atom. The second kappa shape index (κ2) is 3.01. The number of nitrogens with two attached hydrogens (primary N) is 1. The smallest absolute Gasteiger partial charge is 0.221 e. The molecule has 11 heavy (non-hydrogen) atoms. The van der Waals surface area contributed by atoms with Crippen LogP contribution >= 0.6 is 0 Å². The number of hydrogen-bond acceptors (Lipinski definition) is 3. The molecule has 1 amide bonds. The summed E-state index contributed by atoms with van der Waals surface area (Å²) in [5, 5.41) is 8.86. The van der Waals surface area contributed by atoms with Gasteiger partial charge in [0.15, 0.2) is 0 Å². The summed E-state index contributed by atoms with van der Waals surface area (Å²) in [7, 11) is 0. The van der Waals surface area contributed by atoms with Crippen molar-refractivity contribution in [2.45, 2.75) is 6.42 Å². The minimum atomic E-state index is -0.421. The van der Waals surface area contributed by atoms with Crippen LogP contribution in [0.25, 0.3) is 0 Å². The second-order valence-corrected chi connectivity index (χ2v) is 2.17. The van der Waals surface area contributed by atoms with Crippen LogP contribution in [0.3, 0.4) is 0 Å². The number of carbonyl (C=O) groups is 1. The molecule has 0 bridgehead atoms. The first kappa shape index (κ1) is 7.53. The SMILES string of the molecule is NC(=O)Cc1ccnc(O)c1. The van der Waals surface area contributed by atoms with Crippen molar-refractivity contribution in [3.05, 3.63) is 23.9 Å². The fourth-order valence-corrected chi connectivity index (χ4v) is 0.772. The number of hydrogen-bond donors (Lipinski definition) is 2. The van der Waals surface area contributed by atoms with Gasteiger partial charge < -0.3 is 10.8 Å². The zero-order chi connectivity index (χ0) is 8.27. The quantitative estimate of drug-likeness (QED) is 0.616. The van der Waals surface area contributed by atoms with E-state index in [1.165, 1.54) is 12.3 Å². The minimum Gasteiger partial charge on any atom is -0.493 e. The molecule has 1 aromatic heterocycles. The van der Waals surface area contributed by atoms with E-state index in [9.17, 15) is 4.79 Å². The van der Waals surface area contributed by atoms with Gasteiger partial charge in [0.2, 0.25) is 11.8 Å². The molecule has 0 atom stereocenters. The van der Waals surface area contributed by atoms with Crippen molar-refractivity contribution in [1.82, 2.24) is 4.98 Å². The fraction of sp³-hybridized carbons (Fsp3) is 0.143. The lowest BCUT2D eigenvalue weighted by atomic mass is 10.2. The summed E-state index contributed by atoms with van der Waals surface area (Å²) in [5.41, 5.74) is 5.60. The van der Waals surface area contributed by atoms with Crippen LogP contribution in [0.4, 0.5) is 0 Å². The molecular formula is C7H8N2O2. The van der Waals surface area contributed by atoms with Crippen LogP contribution in [0.1, 0.15) is 5.56 Å². The Hall–Kier alpha value is -1.58. The van der Waals surface area contributed by atoms with Gasteiger partial charge in [0.25, 0.3) is 0 Å². The predicted octanol–water partition coefficient (Wildman–Crippen LogP) is -0.185. The summed E-state index contributed by atoms with van der Waals surface area (Å²) in [4.78, 5) is 14.0. The Bertz CT molecular complexity index is 273. The first-order valence-corrected chi connectivity index (χ1v) is 3.10. The predicted molar refractivity (Wildman–Crippen MR) is 38.8 cm³/mol. The monoisotopic (exact) mass is 152 g/mol. The van der Waals surface area contributed by atoms with Crippen molar-refractivity contribution in [2.24, 2.45) is 5.73 Å². The highest BCUT2D eigenvalue weighted by atomic mass is 16.3. The highest BCUT2D eigenvalue weighted by molar-refractivity contribution is 5.76. The molecule has 1 rings (SSSR count). The molecule has 0 saturated heterocycles. The normalized spacial score (nSPS) is 9.45. The van der Waals surface area contributed by atoms with Crippen LogP contribution in [0.5, 0.6) is 5.88 Å². The Morgan fingerprint density at radius 3 is 3.00 bits per heavy atom. The second-order valence-electron chi connectivity index (χ2n) is 2.17. The molecular weight excluding hydrogens is 144 g/mol. The molecule has 0 aliphatic rings. The van der Waals surface area contributed by atoms with Gasteiger partial charge in [0, 0.05) is 12.3 Å². The molecule has 0 fully saturated rings. The van der Waals surface area contributed by atoms with Gasteiger partial charge in [-0.3, -0.25) is 4.79 Å². The van der Waals surface area contributed by atoms with Gasteiger partial charge in [0.1, 0.15) is 0 Å². The zero-order valence-corrected chi connectivity index (χ0v) is 5.82. The van der Waals surface area contributed by atoms with Crippen LogP contribution in [-0.4, -0.2) is 16.0 Å². The van der Waals surface area contributed by atoms with Gasteiger partial charge in [-0.15, -0.1) is 0 Å². The summed E-state index contributed by atoms with van der Waals surface area (Å²) in [6.07, 6.45) is 1.56. The lowest BCUT2D eigenvalue weighted by Crippen LogP contribution is -2.13. The number of pyridine rings is 1. The van der Waals surface area contributed by atoms with Crippen LogP contribution in [-0.2, 0) is 11.2 Å². The summed E-state index contributed by atoms with van der Waals surface area (Å²) < 4.78 is 0. The van der Waals surface area contributed by atoms with Crippen LogP contribution < -0.4 is 5.73 Å². The summed E-state index contributed by atoms with van der Waals surface area (Å²) in [5.74, 6) is -0.514. The third-order valence-electron chi connectivity index (χ3n) is 1.19. The molecule has 0 aliphatic heterocycles. The number of aromatic nitrogens is 1. The lowest BCUT2D eigenvalue weighted by Gasteiger charge is -1.95. The Kier molecular flexibility index (Phi) is 2.06. The van der Waals surface area contributed by atoms with Gasteiger partial charge in [-0.05, 0) is 11.6 Å². The van der Waals surface area contributed by atoms with Crippen LogP contribution in [0.2, 0.25) is 0 Å². The Balaban J connectivity index is 2.79. The van der Waals surface area contributed by atoms with E-state index in [4.69, 9.17) is 10.8 Å². The number of aromatic hydroxyl groups is 1. The average molecular weight is 152 g/mol. The highest BCUT2D eigenvalue weighted by Crippen LogP contribution is 2.06. The summed E-state index contributed by atoms with van der Waals surface area (Å²) in [6.45, 7) is 0. The Labute approximate surface area is 63.7 Å². The van der Waals surface area contributed by atoms with Gasteiger partial charge in [-0.2, -0.15) is 0 Å². The molecule has 0 spiro atoms. The fourth-order valence-electron chi connectivity index (χ4n) is 0.772. The van der Waals surface area contributed by atoms with E-state index in [1.54, 1.807) is 6.07 Å². The Morgan fingerprint density at radius 1 is 1.73 bits per heavy atom. The molecule has 3 N–H and O–H groups in total. The molecule has 4 heteroatoms. The van der Waals surface area contributed by atoms with Gasteiger partial charge in [-0.1, -0.05) is 0 Å². The molecule has 0 radical (unpaired) electrons.